The summed E-state index contributed by atoms with van der Waals surface area (Å²) in [5.74, 6) is -0.155. The second-order valence-electron chi connectivity index (χ2n) is 7.67. The van der Waals surface area contributed by atoms with Crippen LogP contribution in [0.15, 0.2) is 24.3 Å². The van der Waals surface area contributed by atoms with E-state index in [4.69, 9.17) is 4.74 Å². The number of likely N-dealkylation sites (tertiary alicyclic amines) is 1. The highest BCUT2D eigenvalue weighted by atomic mass is 16.6. The lowest BCUT2D eigenvalue weighted by atomic mass is 9.93. The number of amides is 4. The van der Waals surface area contributed by atoms with Gasteiger partial charge in [-0.3, -0.25) is 9.69 Å². The molecule has 0 radical (unpaired) electrons. The molecule has 2 unspecified atom stereocenters. The van der Waals surface area contributed by atoms with Crippen LogP contribution in [0.4, 0.5) is 21.0 Å². The van der Waals surface area contributed by atoms with E-state index < -0.39 is 0 Å². The van der Waals surface area contributed by atoms with Crippen molar-refractivity contribution in [3.63, 3.8) is 0 Å². The first-order valence-electron chi connectivity index (χ1n) is 10.4. The highest BCUT2D eigenvalue weighted by Gasteiger charge is 2.32. The average Bonchev–Trinajstić information content (AvgIpc) is 3.14. The van der Waals surface area contributed by atoms with E-state index in [0.717, 1.165) is 25.7 Å². The maximum absolute atomic E-state index is 12.9. The third kappa shape index (κ3) is 5.19. The van der Waals surface area contributed by atoms with Crippen molar-refractivity contribution in [2.24, 2.45) is 5.92 Å². The molecule has 0 saturated carbocycles. The maximum atomic E-state index is 12.9. The summed E-state index contributed by atoms with van der Waals surface area (Å²) in [7, 11) is 0. The minimum absolute atomic E-state index is 0.0256. The molecule has 8 nitrogen and oxygen atoms in total. The van der Waals surface area contributed by atoms with Gasteiger partial charge in [0.25, 0.3) is 0 Å². The van der Waals surface area contributed by atoms with Crippen LogP contribution in [0.5, 0.6) is 0 Å². The molecular formula is C21H30N4O4. The number of piperidine rings is 1. The maximum Gasteiger partial charge on any atom is 0.414 e. The predicted molar refractivity (Wildman–Crippen MR) is 111 cm³/mol. The number of ether oxygens (including phenoxy) is 1. The number of carbonyl (C=O) groups excluding carboxylic acids is 3. The zero-order valence-corrected chi connectivity index (χ0v) is 17.1. The number of nitrogens with one attached hydrogen (secondary N) is 2. The molecule has 4 amide bonds. The Bertz CT molecular complexity index is 754. The molecule has 29 heavy (non-hydrogen) atoms. The van der Waals surface area contributed by atoms with E-state index >= 15 is 0 Å². The molecule has 1 aromatic carbocycles. The van der Waals surface area contributed by atoms with Crippen molar-refractivity contribution in [3.8, 4) is 0 Å². The standard InChI is InChI=1S/C21H30N4O4/c1-3-4-10-22-19(26)16-9-8-15(2)25(14-16)20(27)23-17-6-5-7-18(13-17)24-11-12-29-21(24)28/h5-7,13,15-16H,3-4,8-12,14H2,1-2H3,(H,22,26)(H,23,27). The van der Waals surface area contributed by atoms with Gasteiger partial charge in [-0.2, -0.15) is 0 Å². The fourth-order valence-corrected chi connectivity index (χ4v) is 3.71. The normalized spacial score (nSPS) is 21.7. The summed E-state index contributed by atoms with van der Waals surface area (Å²) in [5, 5.41) is 5.88. The van der Waals surface area contributed by atoms with Gasteiger partial charge < -0.3 is 20.3 Å². The van der Waals surface area contributed by atoms with Gasteiger partial charge in [0, 0.05) is 30.5 Å². The Balaban J connectivity index is 1.61. The zero-order valence-electron chi connectivity index (χ0n) is 17.1. The van der Waals surface area contributed by atoms with Crippen LogP contribution in [0.1, 0.15) is 39.5 Å². The number of benzene rings is 1. The molecule has 2 heterocycles. The Morgan fingerprint density at radius 2 is 2.10 bits per heavy atom. The van der Waals surface area contributed by atoms with Crippen molar-refractivity contribution in [1.82, 2.24) is 10.2 Å². The third-order valence-electron chi connectivity index (χ3n) is 5.51. The van der Waals surface area contributed by atoms with E-state index in [0.29, 0.717) is 37.6 Å². The Labute approximate surface area is 171 Å². The number of cyclic esters (lactones) is 1. The molecule has 0 spiro atoms. The van der Waals surface area contributed by atoms with Crippen LogP contribution >= 0.6 is 0 Å². The fourth-order valence-electron chi connectivity index (χ4n) is 3.71. The van der Waals surface area contributed by atoms with Crippen LogP contribution in [-0.2, 0) is 9.53 Å². The Morgan fingerprint density at radius 3 is 2.83 bits per heavy atom. The van der Waals surface area contributed by atoms with E-state index in [9.17, 15) is 14.4 Å². The first-order valence-corrected chi connectivity index (χ1v) is 10.4. The molecule has 2 fully saturated rings. The molecule has 1 aromatic rings. The molecule has 2 aliphatic heterocycles. The summed E-state index contributed by atoms with van der Waals surface area (Å²) < 4.78 is 4.97. The molecule has 2 aliphatic rings. The van der Waals surface area contributed by atoms with Gasteiger partial charge in [0.05, 0.1) is 12.5 Å². The largest absolute Gasteiger partial charge is 0.447 e. The number of rotatable bonds is 6. The van der Waals surface area contributed by atoms with Gasteiger partial charge in [0.15, 0.2) is 0 Å². The molecule has 2 atom stereocenters. The smallest absolute Gasteiger partial charge is 0.414 e. The van der Waals surface area contributed by atoms with Crippen molar-refractivity contribution in [2.75, 3.05) is 36.5 Å². The molecular weight excluding hydrogens is 372 g/mol. The van der Waals surface area contributed by atoms with Gasteiger partial charge in [-0.25, -0.2) is 9.59 Å². The lowest BCUT2D eigenvalue weighted by Gasteiger charge is -2.37. The Morgan fingerprint density at radius 1 is 1.28 bits per heavy atom. The number of anilines is 2. The number of carbonyl (C=O) groups is 3. The van der Waals surface area contributed by atoms with Crippen molar-refractivity contribution < 1.29 is 19.1 Å². The molecule has 0 bridgehead atoms. The lowest BCUT2D eigenvalue weighted by Crippen LogP contribution is -2.50. The minimum atomic E-state index is -0.380. The number of nitrogens with zero attached hydrogens (tertiary/aromatic N) is 2. The second-order valence-corrected chi connectivity index (χ2v) is 7.67. The average molecular weight is 402 g/mol. The van der Waals surface area contributed by atoms with E-state index in [2.05, 4.69) is 17.6 Å². The Kier molecular flexibility index (Phi) is 6.95. The molecule has 2 N–H and O–H groups in total. The Hall–Kier alpha value is -2.77. The van der Waals surface area contributed by atoms with Gasteiger partial charge in [-0.05, 0) is 44.4 Å². The van der Waals surface area contributed by atoms with Crippen LogP contribution in [0.2, 0.25) is 0 Å². The molecule has 0 aliphatic carbocycles. The van der Waals surface area contributed by atoms with Crippen LogP contribution < -0.4 is 15.5 Å². The SMILES string of the molecule is CCCCNC(=O)C1CCC(C)N(C(=O)Nc2cccc(N3CCOC3=O)c2)C1. The number of urea groups is 1. The highest BCUT2D eigenvalue weighted by molar-refractivity contribution is 5.93. The van der Waals surface area contributed by atoms with E-state index in [1.54, 1.807) is 23.1 Å². The van der Waals surface area contributed by atoms with Gasteiger partial charge >= 0.3 is 12.1 Å². The van der Waals surface area contributed by atoms with Crippen LogP contribution in [0, 0.1) is 5.92 Å². The minimum Gasteiger partial charge on any atom is -0.447 e. The number of hydrogen-bond donors (Lipinski definition) is 2. The summed E-state index contributed by atoms with van der Waals surface area (Å²) in [6.45, 7) is 6.03. The second kappa shape index (κ2) is 9.62. The predicted octanol–water partition coefficient (Wildman–Crippen LogP) is 3.19. The van der Waals surface area contributed by atoms with Crippen molar-refractivity contribution in [2.45, 2.75) is 45.6 Å². The summed E-state index contributed by atoms with van der Waals surface area (Å²) in [5.41, 5.74) is 1.29. The van der Waals surface area contributed by atoms with E-state index in [1.807, 2.05) is 13.0 Å². The number of hydrogen-bond acceptors (Lipinski definition) is 4. The van der Waals surface area contributed by atoms with E-state index in [1.165, 1.54) is 4.90 Å². The molecule has 2 saturated heterocycles. The summed E-state index contributed by atoms with van der Waals surface area (Å²) in [6.07, 6.45) is 3.19. The van der Waals surface area contributed by atoms with Gasteiger partial charge in [-0.1, -0.05) is 19.4 Å². The van der Waals surface area contributed by atoms with Crippen LogP contribution in [-0.4, -0.2) is 55.2 Å². The van der Waals surface area contributed by atoms with Crippen LogP contribution in [0.25, 0.3) is 0 Å². The summed E-state index contributed by atoms with van der Waals surface area (Å²) in [6, 6.07) is 6.97. The molecule has 158 valence electrons. The number of unbranched alkanes of at least 4 members (excludes halogenated alkanes) is 1. The van der Waals surface area contributed by atoms with Crippen molar-refractivity contribution in [1.29, 1.82) is 0 Å². The van der Waals surface area contributed by atoms with Gasteiger partial charge in [-0.15, -0.1) is 0 Å². The zero-order chi connectivity index (χ0) is 20.8. The monoisotopic (exact) mass is 402 g/mol. The quantitative estimate of drug-likeness (QED) is 0.715. The van der Waals surface area contributed by atoms with E-state index in [-0.39, 0.29) is 30.0 Å². The van der Waals surface area contributed by atoms with Crippen molar-refractivity contribution in [3.05, 3.63) is 24.3 Å². The van der Waals surface area contributed by atoms with Crippen LogP contribution in [0.3, 0.4) is 0 Å². The fraction of sp³-hybridized carbons (Fsp3) is 0.571. The summed E-state index contributed by atoms with van der Waals surface area (Å²) in [4.78, 5) is 40.3. The third-order valence-corrected chi connectivity index (χ3v) is 5.51. The molecule has 0 aromatic heterocycles. The molecule has 3 rings (SSSR count). The topological polar surface area (TPSA) is 91.0 Å². The lowest BCUT2D eigenvalue weighted by molar-refractivity contribution is -0.126. The summed E-state index contributed by atoms with van der Waals surface area (Å²) >= 11 is 0. The van der Waals surface area contributed by atoms with Gasteiger partial charge in [0.1, 0.15) is 6.61 Å². The first-order chi connectivity index (χ1) is 14.0. The van der Waals surface area contributed by atoms with Gasteiger partial charge in [0.2, 0.25) is 5.91 Å². The molecule has 8 heteroatoms. The highest BCUT2D eigenvalue weighted by Crippen LogP contribution is 2.25. The van der Waals surface area contributed by atoms with Crippen molar-refractivity contribution >= 4 is 29.4 Å². The first kappa shape index (κ1) is 21.0.